The number of nitrogens with zero attached hydrogens (tertiary/aromatic N) is 1. The number of rotatable bonds is 5. The maximum Gasteiger partial charge on any atom is 0.267 e. The zero-order chi connectivity index (χ0) is 17.3. The molecule has 0 saturated heterocycles. The van der Waals surface area contributed by atoms with Gasteiger partial charge in [-0.25, -0.2) is 13.4 Å². The molecule has 2 aromatic carbocycles. The highest BCUT2D eigenvalue weighted by atomic mass is 35.5. The van der Waals surface area contributed by atoms with E-state index in [9.17, 15) is 8.42 Å². The number of nitrogens with one attached hydrogen (secondary N) is 1. The van der Waals surface area contributed by atoms with Gasteiger partial charge in [-0.05, 0) is 30.3 Å². The lowest BCUT2D eigenvalue weighted by Crippen LogP contribution is -2.14. The monoisotopic (exact) mass is 384 g/mol. The second-order valence-electron chi connectivity index (χ2n) is 4.75. The lowest BCUT2D eigenvalue weighted by atomic mass is 10.3. The molecule has 24 heavy (non-hydrogen) atoms. The topological polar surface area (TPSA) is 77.5 Å². The summed E-state index contributed by atoms with van der Waals surface area (Å²) in [6, 6.07) is 9.72. The molecule has 9 heteroatoms. The molecular formula is C15H13ClN2O4S2. The van der Waals surface area contributed by atoms with Gasteiger partial charge >= 0.3 is 0 Å². The lowest BCUT2D eigenvalue weighted by Gasteiger charge is -2.11. The molecule has 0 radical (unpaired) electrons. The van der Waals surface area contributed by atoms with Crippen LogP contribution in [-0.2, 0) is 10.0 Å². The summed E-state index contributed by atoms with van der Waals surface area (Å²) in [5, 5.41) is 0.812. The smallest absolute Gasteiger partial charge is 0.267 e. The molecule has 6 nitrogen and oxygen atoms in total. The van der Waals surface area contributed by atoms with Crippen molar-refractivity contribution in [3.8, 4) is 11.5 Å². The number of methoxy groups -OCH3 is 2. The van der Waals surface area contributed by atoms with Gasteiger partial charge in [0.2, 0.25) is 0 Å². The Bertz CT molecular complexity index is 1000. The van der Waals surface area contributed by atoms with E-state index in [0.717, 1.165) is 4.70 Å². The Morgan fingerprint density at radius 2 is 1.92 bits per heavy atom. The summed E-state index contributed by atoms with van der Waals surface area (Å²) in [6.07, 6.45) is 0. The molecule has 0 unspecified atom stereocenters. The maximum absolute atomic E-state index is 12.7. The number of fused-ring (bicyclic) bond motifs is 1. The Kier molecular flexibility index (Phi) is 4.53. The number of thiazole rings is 1. The molecule has 0 atom stereocenters. The zero-order valence-corrected chi connectivity index (χ0v) is 15.1. The van der Waals surface area contributed by atoms with Gasteiger partial charge in [0, 0.05) is 11.1 Å². The Balaban J connectivity index is 2.01. The number of sulfonamides is 1. The minimum absolute atomic E-state index is 0.0263. The van der Waals surface area contributed by atoms with Crippen LogP contribution in [0.5, 0.6) is 11.5 Å². The van der Waals surface area contributed by atoms with Crippen LogP contribution in [0, 0.1) is 0 Å². The molecule has 126 valence electrons. The van der Waals surface area contributed by atoms with Crippen molar-refractivity contribution in [3.05, 3.63) is 41.4 Å². The largest absolute Gasteiger partial charge is 0.497 e. The van der Waals surface area contributed by atoms with E-state index in [1.165, 1.54) is 37.7 Å². The molecule has 0 saturated carbocycles. The van der Waals surface area contributed by atoms with Crippen LogP contribution in [0.15, 0.2) is 41.3 Å². The highest BCUT2D eigenvalue weighted by Crippen LogP contribution is 2.33. The molecule has 3 rings (SSSR count). The Morgan fingerprint density at radius 1 is 1.12 bits per heavy atom. The van der Waals surface area contributed by atoms with Gasteiger partial charge < -0.3 is 9.47 Å². The standard InChI is InChI=1S/C15H13ClN2O4S2/c1-21-10-4-6-12(22-2)14(8-10)24(19,20)18-15-17-11-5-3-9(16)7-13(11)23-15/h3-8H,1-2H3,(H,17,18). The van der Waals surface area contributed by atoms with E-state index in [1.807, 2.05) is 0 Å². The van der Waals surface area contributed by atoms with Gasteiger partial charge in [0.1, 0.15) is 16.4 Å². The number of halogens is 1. The summed E-state index contributed by atoms with van der Waals surface area (Å²) in [5.74, 6) is 0.625. The van der Waals surface area contributed by atoms with Crippen LogP contribution >= 0.6 is 22.9 Å². The van der Waals surface area contributed by atoms with E-state index < -0.39 is 10.0 Å². The zero-order valence-electron chi connectivity index (χ0n) is 12.7. The Hall–Kier alpha value is -2.03. The first-order chi connectivity index (χ1) is 11.4. The van der Waals surface area contributed by atoms with Crippen LogP contribution in [0.2, 0.25) is 5.02 Å². The molecule has 0 spiro atoms. The molecule has 0 bridgehead atoms. The van der Waals surface area contributed by atoms with Crippen LogP contribution < -0.4 is 14.2 Å². The van der Waals surface area contributed by atoms with E-state index in [0.29, 0.717) is 16.3 Å². The average Bonchev–Trinajstić information content (AvgIpc) is 2.94. The molecule has 0 fully saturated rings. The van der Waals surface area contributed by atoms with Gasteiger partial charge in [-0.2, -0.15) is 0 Å². The summed E-state index contributed by atoms with van der Waals surface area (Å²) in [5.41, 5.74) is 0.666. The fourth-order valence-electron chi connectivity index (χ4n) is 2.11. The van der Waals surface area contributed by atoms with Crippen molar-refractivity contribution in [1.82, 2.24) is 4.98 Å². The Labute approximate surface area is 148 Å². The molecule has 0 aliphatic rings. The highest BCUT2D eigenvalue weighted by molar-refractivity contribution is 7.93. The molecular weight excluding hydrogens is 372 g/mol. The Morgan fingerprint density at radius 3 is 2.62 bits per heavy atom. The van der Waals surface area contributed by atoms with Gasteiger partial charge in [-0.15, -0.1) is 0 Å². The van der Waals surface area contributed by atoms with Crippen LogP contribution in [0.4, 0.5) is 5.13 Å². The van der Waals surface area contributed by atoms with Crippen molar-refractivity contribution in [2.24, 2.45) is 0 Å². The second kappa shape index (κ2) is 6.46. The van der Waals surface area contributed by atoms with Crippen molar-refractivity contribution >= 4 is 48.3 Å². The third-order valence-corrected chi connectivity index (χ3v) is 5.89. The minimum atomic E-state index is -3.89. The maximum atomic E-state index is 12.7. The van der Waals surface area contributed by atoms with E-state index in [4.69, 9.17) is 21.1 Å². The first kappa shape index (κ1) is 16.8. The summed E-state index contributed by atoms with van der Waals surface area (Å²) >= 11 is 7.14. The second-order valence-corrected chi connectivity index (χ2v) is 7.87. The molecule has 1 heterocycles. The number of hydrogen-bond acceptors (Lipinski definition) is 6. The minimum Gasteiger partial charge on any atom is -0.497 e. The van der Waals surface area contributed by atoms with Crippen LogP contribution in [0.3, 0.4) is 0 Å². The lowest BCUT2D eigenvalue weighted by molar-refractivity contribution is 0.392. The number of hydrogen-bond donors (Lipinski definition) is 1. The van der Waals surface area contributed by atoms with Gasteiger partial charge in [0.15, 0.2) is 5.13 Å². The van der Waals surface area contributed by atoms with Crippen LogP contribution in [-0.4, -0.2) is 27.6 Å². The van der Waals surface area contributed by atoms with Gasteiger partial charge in [0.25, 0.3) is 10.0 Å². The summed E-state index contributed by atoms with van der Waals surface area (Å²) in [4.78, 5) is 4.23. The molecule has 3 aromatic rings. The van der Waals surface area contributed by atoms with Crippen LogP contribution in [0.25, 0.3) is 10.2 Å². The van der Waals surface area contributed by atoms with E-state index >= 15 is 0 Å². The van der Waals surface area contributed by atoms with Gasteiger partial charge in [-0.1, -0.05) is 22.9 Å². The van der Waals surface area contributed by atoms with Crippen molar-refractivity contribution in [3.63, 3.8) is 0 Å². The third kappa shape index (κ3) is 3.26. The predicted octanol–water partition coefficient (Wildman–Crippen LogP) is 3.77. The molecule has 1 N–H and O–H groups in total. The highest BCUT2D eigenvalue weighted by Gasteiger charge is 2.22. The number of ether oxygens (including phenoxy) is 2. The van der Waals surface area contributed by atoms with Crippen molar-refractivity contribution < 1.29 is 17.9 Å². The number of anilines is 1. The molecule has 1 aromatic heterocycles. The summed E-state index contributed by atoms with van der Waals surface area (Å²) in [7, 11) is -1.02. The molecule has 0 amide bonds. The quantitative estimate of drug-likeness (QED) is 0.724. The predicted molar refractivity (Wildman–Crippen MR) is 95.0 cm³/mol. The van der Waals surface area contributed by atoms with Crippen molar-refractivity contribution in [2.75, 3.05) is 18.9 Å². The SMILES string of the molecule is COc1ccc(OC)c(S(=O)(=O)Nc2nc3ccc(Cl)cc3s2)c1. The summed E-state index contributed by atoms with van der Waals surface area (Å²) in [6.45, 7) is 0. The third-order valence-electron chi connectivity index (χ3n) is 3.23. The normalized spacial score (nSPS) is 11.5. The van der Waals surface area contributed by atoms with Gasteiger partial charge in [-0.3, -0.25) is 4.72 Å². The fraction of sp³-hybridized carbons (Fsp3) is 0.133. The number of aromatic nitrogens is 1. The molecule has 0 aliphatic carbocycles. The first-order valence-electron chi connectivity index (χ1n) is 6.74. The summed E-state index contributed by atoms with van der Waals surface area (Å²) < 4.78 is 38.9. The van der Waals surface area contributed by atoms with E-state index in [-0.39, 0.29) is 15.8 Å². The van der Waals surface area contributed by atoms with E-state index in [1.54, 1.807) is 24.3 Å². The fourth-order valence-corrected chi connectivity index (χ4v) is 4.67. The van der Waals surface area contributed by atoms with E-state index in [2.05, 4.69) is 9.71 Å². The van der Waals surface area contributed by atoms with Gasteiger partial charge in [0.05, 0.1) is 24.4 Å². The van der Waals surface area contributed by atoms with Crippen molar-refractivity contribution in [2.45, 2.75) is 4.90 Å². The van der Waals surface area contributed by atoms with Crippen LogP contribution in [0.1, 0.15) is 0 Å². The molecule has 0 aliphatic heterocycles. The first-order valence-corrected chi connectivity index (χ1v) is 9.41. The number of benzene rings is 2. The van der Waals surface area contributed by atoms with Crippen molar-refractivity contribution in [1.29, 1.82) is 0 Å². The average molecular weight is 385 g/mol.